The second-order valence-electron chi connectivity index (χ2n) is 12.0. The first-order valence-corrected chi connectivity index (χ1v) is 17.5. The highest BCUT2D eigenvalue weighted by atomic mass is 32.2. The Morgan fingerprint density at radius 1 is 0.674 bits per heavy atom. The summed E-state index contributed by atoms with van der Waals surface area (Å²) in [6.45, 7) is 6.31. The fraction of sp³-hybridized carbons (Fsp3) is 0.0698. The fourth-order valence-corrected chi connectivity index (χ4v) is 10.0. The summed E-state index contributed by atoms with van der Waals surface area (Å²) >= 11 is 3.85. The molecule has 2 atom stereocenters. The summed E-state index contributed by atoms with van der Waals surface area (Å²) in [5, 5.41) is 5.60. The summed E-state index contributed by atoms with van der Waals surface area (Å²) in [6, 6.07) is 47.1. The van der Waals surface area contributed by atoms with Crippen molar-refractivity contribution >= 4 is 65.1 Å². The van der Waals surface area contributed by atoms with Crippen molar-refractivity contribution in [2.75, 3.05) is 0 Å². The third-order valence-corrected chi connectivity index (χ3v) is 12.0. The van der Waals surface area contributed by atoms with Gasteiger partial charge in [0, 0.05) is 42.3 Å². The molecule has 0 aliphatic carbocycles. The molecule has 3 heterocycles. The smallest absolute Gasteiger partial charge is 0.0640 e. The zero-order chi connectivity index (χ0) is 30.8. The van der Waals surface area contributed by atoms with Gasteiger partial charge in [-0.05, 0) is 77.2 Å². The average Bonchev–Trinajstić information content (AvgIpc) is 3.77. The number of allylic oxidation sites excluding steroid dienone is 2. The molecule has 6 aromatic carbocycles. The second kappa shape index (κ2) is 10.9. The van der Waals surface area contributed by atoms with Crippen LogP contribution in [0.3, 0.4) is 0 Å². The van der Waals surface area contributed by atoms with Gasteiger partial charge in [-0.1, -0.05) is 103 Å². The molecule has 0 radical (unpaired) electrons. The molecule has 1 aliphatic heterocycles. The Balaban J connectivity index is 1.25. The van der Waals surface area contributed by atoms with E-state index < -0.39 is 0 Å². The Morgan fingerprint density at radius 3 is 2.33 bits per heavy atom. The van der Waals surface area contributed by atoms with Gasteiger partial charge in [-0.15, -0.1) is 29.7 Å². The number of benzene rings is 6. The van der Waals surface area contributed by atoms with E-state index in [4.69, 9.17) is 0 Å². The third-order valence-electron chi connectivity index (χ3n) is 9.46. The topological polar surface area (TPSA) is 4.93 Å². The summed E-state index contributed by atoms with van der Waals surface area (Å²) in [4.78, 5) is 1.36. The number of hydrogen-bond donors (Lipinski definition) is 0. The molecule has 2 unspecified atom stereocenters. The van der Waals surface area contributed by atoms with Gasteiger partial charge in [0.05, 0.1) is 21.4 Å². The van der Waals surface area contributed by atoms with Crippen molar-refractivity contribution in [2.45, 2.75) is 23.0 Å². The predicted molar refractivity (Wildman–Crippen MR) is 202 cm³/mol. The molecule has 8 aromatic rings. The minimum Gasteiger partial charge on any atom is -0.308 e. The lowest BCUT2D eigenvalue weighted by molar-refractivity contribution is 0.893. The maximum atomic E-state index is 4.21. The number of thiophene rings is 1. The molecule has 2 aromatic heterocycles. The van der Waals surface area contributed by atoms with E-state index in [-0.39, 0.29) is 0 Å². The van der Waals surface area contributed by atoms with Crippen LogP contribution in [-0.4, -0.2) is 9.82 Å². The average molecular weight is 626 g/mol. The molecule has 46 heavy (non-hydrogen) atoms. The van der Waals surface area contributed by atoms with Gasteiger partial charge in [0.2, 0.25) is 0 Å². The maximum absolute atomic E-state index is 4.21. The quantitative estimate of drug-likeness (QED) is 0.172. The molecule has 0 amide bonds. The van der Waals surface area contributed by atoms with Gasteiger partial charge < -0.3 is 4.57 Å². The Morgan fingerprint density at radius 2 is 1.46 bits per heavy atom. The van der Waals surface area contributed by atoms with Crippen LogP contribution in [0, 0.1) is 0 Å². The molecule has 3 heteroatoms. The molecular weight excluding hydrogens is 595 g/mol. The number of thioether (sulfide) groups is 1. The molecule has 0 N–H and O–H groups in total. The Hall–Kier alpha value is -4.83. The van der Waals surface area contributed by atoms with Gasteiger partial charge in [0.15, 0.2) is 0 Å². The van der Waals surface area contributed by atoms with E-state index in [1.54, 1.807) is 0 Å². The van der Waals surface area contributed by atoms with Crippen LogP contribution in [-0.2, 0) is 0 Å². The normalized spacial score (nSPS) is 16.3. The first-order chi connectivity index (χ1) is 22.7. The van der Waals surface area contributed by atoms with Crippen LogP contribution in [0.4, 0.5) is 0 Å². The Kier molecular flexibility index (Phi) is 6.52. The van der Waals surface area contributed by atoms with E-state index in [9.17, 15) is 0 Å². The Labute approximate surface area is 277 Å². The van der Waals surface area contributed by atoms with Crippen LogP contribution in [0.2, 0.25) is 0 Å². The van der Waals surface area contributed by atoms with Crippen LogP contribution < -0.4 is 0 Å². The molecule has 1 aliphatic rings. The zero-order valence-electron chi connectivity index (χ0n) is 25.5. The summed E-state index contributed by atoms with van der Waals surface area (Å²) in [7, 11) is 0. The van der Waals surface area contributed by atoms with Gasteiger partial charge >= 0.3 is 0 Å². The van der Waals surface area contributed by atoms with Crippen LogP contribution >= 0.6 is 23.1 Å². The molecule has 0 saturated carbocycles. The van der Waals surface area contributed by atoms with Gasteiger partial charge in [-0.2, -0.15) is 0 Å². The highest BCUT2D eigenvalue weighted by Gasteiger charge is 2.30. The minimum absolute atomic E-state index is 0.318. The van der Waals surface area contributed by atoms with Crippen LogP contribution in [0.5, 0.6) is 0 Å². The lowest BCUT2D eigenvalue weighted by Crippen LogP contribution is -2.03. The van der Waals surface area contributed by atoms with E-state index in [1.807, 2.05) is 23.1 Å². The first kappa shape index (κ1) is 27.5. The summed E-state index contributed by atoms with van der Waals surface area (Å²) in [5.41, 5.74) is 10.1. The Bertz CT molecular complexity index is 2490. The van der Waals surface area contributed by atoms with Gasteiger partial charge in [-0.25, -0.2) is 0 Å². The highest BCUT2D eigenvalue weighted by Crippen LogP contribution is 2.49. The van der Waals surface area contributed by atoms with Gasteiger partial charge in [-0.3, -0.25) is 0 Å². The van der Waals surface area contributed by atoms with E-state index in [0.717, 1.165) is 0 Å². The van der Waals surface area contributed by atoms with E-state index >= 15 is 0 Å². The number of para-hydroxylation sites is 1. The predicted octanol–water partition coefficient (Wildman–Crippen LogP) is 12.8. The molecule has 0 fully saturated rings. The van der Waals surface area contributed by atoms with Crippen LogP contribution in [0.25, 0.3) is 69.9 Å². The third kappa shape index (κ3) is 4.16. The highest BCUT2D eigenvalue weighted by molar-refractivity contribution is 8.00. The summed E-state index contributed by atoms with van der Waals surface area (Å²) in [5.74, 6) is 0.318. The number of fused-ring (bicyclic) bond motifs is 7. The number of rotatable bonds is 5. The van der Waals surface area contributed by atoms with Crippen molar-refractivity contribution in [1.82, 2.24) is 4.57 Å². The number of hydrogen-bond acceptors (Lipinski definition) is 2. The molecule has 220 valence electrons. The first-order valence-electron chi connectivity index (χ1n) is 15.8. The molecule has 0 bridgehead atoms. The van der Waals surface area contributed by atoms with Crippen molar-refractivity contribution in [3.05, 3.63) is 158 Å². The van der Waals surface area contributed by atoms with Crippen molar-refractivity contribution in [2.24, 2.45) is 0 Å². The van der Waals surface area contributed by atoms with Crippen molar-refractivity contribution in [3.63, 3.8) is 0 Å². The van der Waals surface area contributed by atoms with E-state index in [1.165, 1.54) is 80.4 Å². The monoisotopic (exact) mass is 625 g/mol. The van der Waals surface area contributed by atoms with Crippen LogP contribution in [0.1, 0.15) is 18.4 Å². The lowest BCUT2D eigenvalue weighted by atomic mass is 9.91. The molecular formula is C43H31NS2. The van der Waals surface area contributed by atoms with E-state index in [2.05, 4.69) is 164 Å². The van der Waals surface area contributed by atoms with Gasteiger partial charge in [0.25, 0.3) is 0 Å². The van der Waals surface area contributed by atoms with Crippen molar-refractivity contribution in [1.29, 1.82) is 0 Å². The summed E-state index contributed by atoms with van der Waals surface area (Å²) in [6.07, 6.45) is 6.59. The maximum Gasteiger partial charge on any atom is 0.0640 e. The standard InChI is InChI=1S/C43H31NS2/c1-3-12-39-30(4-2)35-26-29(22-24-40(35)45-39)31-16-11-20-41-42(31)33-17-10-19-38(43(33)46-41)44-36-18-9-8-15-32(36)34-25-28(21-23-37(34)44)27-13-6-5-7-14-27/h3-26,30,39H,2H2,1H3/b12-3-. The van der Waals surface area contributed by atoms with Crippen molar-refractivity contribution < 1.29 is 0 Å². The fourth-order valence-electron chi connectivity index (χ4n) is 7.38. The molecule has 0 saturated heterocycles. The molecule has 9 rings (SSSR count). The minimum atomic E-state index is 0.318. The number of aromatic nitrogens is 1. The largest absolute Gasteiger partial charge is 0.308 e. The van der Waals surface area contributed by atoms with Crippen molar-refractivity contribution in [3.8, 4) is 27.9 Å². The zero-order valence-corrected chi connectivity index (χ0v) is 27.1. The molecule has 1 nitrogen and oxygen atoms in total. The lowest BCUT2D eigenvalue weighted by Gasteiger charge is -2.13. The van der Waals surface area contributed by atoms with E-state index in [0.29, 0.717) is 11.2 Å². The SMILES string of the molecule is C=CC1c2cc(-c3cccc4sc5c(-n6c7ccccc7c7cc(-c8ccccc8)ccc76)cccc5c34)ccc2SC1/C=C\C. The summed E-state index contributed by atoms with van der Waals surface area (Å²) < 4.78 is 5.10. The molecule has 0 spiro atoms. The number of nitrogens with zero attached hydrogens (tertiary/aromatic N) is 1. The second-order valence-corrected chi connectivity index (χ2v) is 14.3. The van der Waals surface area contributed by atoms with Gasteiger partial charge in [0.1, 0.15) is 0 Å². The van der Waals surface area contributed by atoms with Crippen LogP contribution in [0.15, 0.2) is 157 Å².